The number of ether oxygens (including phenoxy) is 1. The molecule has 1 fully saturated rings. The number of aryl methyl sites for hydroxylation is 1. The lowest BCUT2D eigenvalue weighted by Crippen LogP contribution is -2.46. The van der Waals surface area contributed by atoms with Crippen LogP contribution in [-0.4, -0.2) is 37.6 Å². The maximum atomic E-state index is 13.2. The first kappa shape index (κ1) is 21.2. The largest absolute Gasteiger partial charge is 0.483 e. The van der Waals surface area contributed by atoms with Gasteiger partial charge in [-0.2, -0.15) is 0 Å². The summed E-state index contributed by atoms with van der Waals surface area (Å²) in [5.41, 5.74) is 2.22. The Bertz CT molecular complexity index is 940. The zero-order valence-electron chi connectivity index (χ0n) is 17.1. The van der Waals surface area contributed by atoms with Crippen molar-refractivity contribution in [1.29, 1.82) is 0 Å². The molecule has 0 amide bonds. The summed E-state index contributed by atoms with van der Waals surface area (Å²) in [6.07, 6.45) is 0.890. The van der Waals surface area contributed by atoms with Crippen molar-refractivity contribution in [3.05, 3.63) is 81.3 Å². The second-order valence-corrected chi connectivity index (χ2v) is 9.04. The normalized spacial score (nSPS) is 15.9. The summed E-state index contributed by atoms with van der Waals surface area (Å²) in [6.45, 7) is 6.87. The minimum Gasteiger partial charge on any atom is -0.483 e. The first-order chi connectivity index (χ1) is 14.6. The van der Waals surface area contributed by atoms with Crippen LogP contribution in [0.15, 0.2) is 60.0 Å². The third-order valence-corrected chi connectivity index (χ3v) is 6.76. The summed E-state index contributed by atoms with van der Waals surface area (Å²) in [7, 11) is 0. The molecule has 30 heavy (non-hydrogen) atoms. The van der Waals surface area contributed by atoms with Gasteiger partial charge in [0.25, 0.3) is 0 Å². The van der Waals surface area contributed by atoms with Gasteiger partial charge in [0.05, 0.1) is 5.02 Å². The van der Waals surface area contributed by atoms with Crippen LogP contribution in [0.1, 0.15) is 23.0 Å². The molecule has 1 aliphatic heterocycles. The standard InChI is InChI=1S/C24H26ClFN2OS/c1-18-4-9-21(25)23(17-18)29-22(24-3-2-16-30-24)10-11-27-12-14-28(15-13-27)20-7-5-19(26)6-8-20/h2-9,16-17,22H,10-15H2,1H3/t22-/m0/s1. The summed E-state index contributed by atoms with van der Waals surface area (Å²) in [5, 5.41) is 2.74. The molecule has 1 aromatic heterocycles. The Labute approximate surface area is 186 Å². The van der Waals surface area contributed by atoms with Crippen molar-refractivity contribution >= 4 is 28.6 Å². The fourth-order valence-electron chi connectivity index (χ4n) is 3.77. The van der Waals surface area contributed by atoms with Gasteiger partial charge in [-0.3, -0.25) is 4.90 Å². The van der Waals surface area contributed by atoms with Gasteiger partial charge in [-0.15, -0.1) is 11.3 Å². The summed E-state index contributed by atoms with van der Waals surface area (Å²) in [5.74, 6) is 0.557. The Hall–Kier alpha value is -2.08. The van der Waals surface area contributed by atoms with E-state index in [1.165, 1.54) is 17.0 Å². The van der Waals surface area contributed by atoms with E-state index in [1.54, 1.807) is 11.3 Å². The van der Waals surface area contributed by atoms with Gasteiger partial charge in [0.15, 0.2) is 0 Å². The second-order valence-electron chi connectivity index (χ2n) is 7.65. The molecule has 1 aliphatic rings. The van der Waals surface area contributed by atoms with E-state index in [4.69, 9.17) is 16.3 Å². The van der Waals surface area contributed by atoms with Gasteiger partial charge in [0, 0.05) is 49.7 Å². The van der Waals surface area contributed by atoms with Crippen LogP contribution in [0, 0.1) is 12.7 Å². The van der Waals surface area contributed by atoms with Crippen LogP contribution in [0.25, 0.3) is 0 Å². The van der Waals surface area contributed by atoms with E-state index in [9.17, 15) is 4.39 Å². The van der Waals surface area contributed by atoms with Crippen molar-refractivity contribution in [3.63, 3.8) is 0 Å². The highest BCUT2D eigenvalue weighted by molar-refractivity contribution is 7.10. The van der Waals surface area contributed by atoms with Gasteiger partial charge in [0.1, 0.15) is 17.7 Å². The number of benzene rings is 2. The van der Waals surface area contributed by atoms with Crippen molar-refractivity contribution < 1.29 is 9.13 Å². The Morgan fingerprint density at radius 3 is 2.53 bits per heavy atom. The molecule has 1 atom stereocenters. The summed E-state index contributed by atoms with van der Waals surface area (Å²) >= 11 is 8.09. The lowest BCUT2D eigenvalue weighted by molar-refractivity contribution is 0.163. The molecule has 6 heteroatoms. The van der Waals surface area contributed by atoms with Crippen LogP contribution in [0.2, 0.25) is 5.02 Å². The predicted molar refractivity (Wildman–Crippen MR) is 124 cm³/mol. The molecule has 0 aliphatic carbocycles. The molecule has 2 aromatic carbocycles. The van der Waals surface area contributed by atoms with Crippen LogP contribution >= 0.6 is 22.9 Å². The number of halogens is 2. The fraction of sp³-hybridized carbons (Fsp3) is 0.333. The van der Waals surface area contributed by atoms with Gasteiger partial charge in [-0.25, -0.2) is 4.39 Å². The minimum atomic E-state index is -0.189. The Kier molecular flexibility index (Phi) is 6.93. The highest BCUT2D eigenvalue weighted by atomic mass is 35.5. The van der Waals surface area contributed by atoms with Crippen LogP contribution < -0.4 is 9.64 Å². The third-order valence-electron chi connectivity index (χ3n) is 5.49. The average Bonchev–Trinajstić information content (AvgIpc) is 3.29. The lowest BCUT2D eigenvalue weighted by atomic mass is 10.1. The van der Waals surface area contributed by atoms with Crippen LogP contribution in [-0.2, 0) is 0 Å². The molecular formula is C24H26ClFN2OS. The van der Waals surface area contributed by atoms with E-state index in [0.29, 0.717) is 5.02 Å². The quantitative estimate of drug-likeness (QED) is 0.432. The molecule has 0 radical (unpaired) electrons. The van der Waals surface area contributed by atoms with Crippen molar-refractivity contribution in [2.45, 2.75) is 19.4 Å². The summed E-state index contributed by atoms with van der Waals surface area (Å²) in [4.78, 5) is 6.01. The maximum absolute atomic E-state index is 13.2. The van der Waals surface area contributed by atoms with Crippen LogP contribution in [0.5, 0.6) is 5.75 Å². The predicted octanol–water partition coefficient (Wildman–Crippen LogP) is 6.18. The Morgan fingerprint density at radius 2 is 1.83 bits per heavy atom. The number of nitrogens with zero attached hydrogens (tertiary/aromatic N) is 2. The average molecular weight is 445 g/mol. The minimum absolute atomic E-state index is 0.0144. The fourth-order valence-corrected chi connectivity index (χ4v) is 4.72. The monoisotopic (exact) mass is 444 g/mol. The van der Waals surface area contributed by atoms with E-state index in [-0.39, 0.29) is 11.9 Å². The molecular weight excluding hydrogens is 419 g/mol. The van der Waals surface area contributed by atoms with Crippen molar-refractivity contribution in [2.75, 3.05) is 37.6 Å². The Balaban J connectivity index is 1.35. The van der Waals surface area contributed by atoms with Gasteiger partial charge in [-0.05, 0) is 60.3 Å². The zero-order chi connectivity index (χ0) is 20.9. The number of piperazine rings is 1. The van der Waals surface area contributed by atoms with Gasteiger partial charge in [0.2, 0.25) is 0 Å². The molecule has 0 saturated carbocycles. The summed E-state index contributed by atoms with van der Waals surface area (Å²) < 4.78 is 19.5. The van der Waals surface area contributed by atoms with Crippen LogP contribution in [0.3, 0.4) is 0 Å². The van der Waals surface area contributed by atoms with Crippen molar-refractivity contribution in [3.8, 4) is 5.75 Å². The topological polar surface area (TPSA) is 15.7 Å². The number of anilines is 1. The van der Waals surface area contributed by atoms with Gasteiger partial charge >= 0.3 is 0 Å². The SMILES string of the molecule is Cc1ccc(Cl)c(O[C@@H](CCN2CCN(c3ccc(F)cc3)CC2)c2cccs2)c1. The van der Waals surface area contributed by atoms with Crippen molar-refractivity contribution in [2.24, 2.45) is 0 Å². The maximum Gasteiger partial charge on any atom is 0.139 e. The summed E-state index contributed by atoms with van der Waals surface area (Å²) in [6, 6.07) is 16.9. The van der Waals surface area contributed by atoms with Crippen LogP contribution in [0.4, 0.5) is 10.1 Å². The molecule has 0 spiro atoms. The second kappa shape index (κ2) is 9.82. The molecule has 1 saturated heterocycles. The first-order valence-electron chi connectivity index (χ1n) is 10.3. The molecule has 4 rings (SSSR count). The molecule has 0 unspecified atom stereocenters. The van der Waals surface area contributed by atoms with Gasteiger partial charge < -0.3 is 9.64 Å². The van der Waals surface area contributed by atoms with E-state index >= 15 is 0 Å². The molecule has 158 valence electrons. The highest BCUT2D eigenvalue weighted by Gasteiger charge is 2.21. The van der Waals surface area contributed by atoms with E-state index in [0.717, 1.165) is 56.1 Å². The van der Waals surface area contributed by atoms with E-state index in [2.05, 4.69) is 27.3 Å². The molecule has 0 N–H and O–H groups in total. The first-order valence-corrected chi connectivity index (χ1v) is 11.5. The molecule has 0 bridgehead atoms. The third kappa shape index (κ3) is 5.34. The highest BCUT2D eigenvalue weighted by Crippen LogP contribution is 2.33. The van der Waals surface area contributed by atoms with E-state index < -0.39 is 0 Å². The number of thiophene rings is 1. The van der Waals surface area contributed by atoms with E-state index in [1.807, 2.05) is 37.3 Å². The van der Waals surface area contributed by atoms with Crippen molar-refractivity contribution in [1.82, 2.24) is 4.90 Å². The smallest absolute Gasteiger partial charge is 0.139 e. The molecule has 2 heterocycles. The number of hydrogen-bond donors (Lipinski definition) is 0. The number of rotatable bonds is 7. The van der Waals surface area contributed by atoms with Gasteiger partial charge in [-0.1, -0.05) is 23.7 Å². The molecule has 3 aromatic rings. The number of hydrogen-bond acceptors (Lipinski definition) is 4. The zero-order valence-corrected chi connectivity index (χ0v) is 18.6. The lowest BCUT2D eigenvalue weighted by Gasteiger charge is -2.36. The Morgan fingerprint density at radius 1 is 1.07 bits per heavy atom. The molecule has 3 nitrogen and oxygen atoms in total.